The first kappa shape index (κ1) is 26.5. The maximum Gasteiger partial charge on any atom is 0.262 e. The van der Waals surface area contributed by atoms with Crippen LogP contribution in [0.3, 0.4) is 0 Å². The molecular formula is C26H29N3O7S. The van der Waals surface area contributed by atoms with E-state index in [1.165, 1.54) is 19.2 Å². The Bertz CT molecular complexity index is 1270. The van der Waals surface area contributed by atoms with Crippen molar-refractivity contribution in [1.29, 1.82) is 0 Å². The number of sulfonamides is 1. The quantitative estimate of drug-likeness (QED) is 0.351. The lowest BCUT2D eigenvalue weighted by Crippen LogP contribution is -2.56. The summed E-state index contributed by atoms with van der Waals surface area (Å²) in [6.45, 7) is 0.451. The molecule has 2 aliphatic heterocycles. The van der Waals surface area contributed by atoms with E-state index in [0.29, 0.717) is 31.4 Å². The number of nitrogens with zero attached hydrogens (tertiary/aromatic N) is 2. The Morgan fingerprint density at radius 2 is 1.51 bits per heavy atom. The molecule has 196 valence electrons. The molecule has 0 aromatic heterocycles. The first-order valence-electron chi connectivity index (χ1n) is 12.2. The molecule has 11 heteroatoms. The number of fused-ring (bicyclic) bond motifs is 1. The van der Waals surface area contributed by atoms with Crippen LogP contribution in [-0.2, 0) is 19.6 Å². The van der Waals surface area contributed by atoms with Gasteiger partial charge in [-0.3, -0.25) is 29.0 Å². The minimum absolute atomic E-state index is 0.0803. The number of carbonyl (C=O) groups excluding carboxylic acids is 4. The monoisotopic (exact) mass is 527 g/mol. The summed E-state index contributed by atoms with van der Waals surface area (Å²) in [4.78, 5) is 53.4. The van der Waals surface area contributed by atoms with E-state index in [0.717, 1.165) is 9.80 Å². The van der Waals surface area contributed by atoms with Crippen molar-refractivity contribution in [2.45, 2.75) is 49.5 Å². The number of hydrogen-bond acceptors (Lipinski definition) is 7. The lowest BCUT2D eigenvalue weighted by Gasteiger charge is -2.34. The van der Waals surface area contributed by atoms with Gasteiger partial charge in [-0.1, -0.05) is 25.0 Å². The van der Waals surface area contributed by atoms with Gasteiger partial charge in [-0.2, -0.15) is 0 Å². The van der Waals surface area contributed by atoms with E-state index < -0.39 is 33.8 Å². The van der Waals surface area contributed by atoms with Crippen LogP contribution >= 0.6 is 0 Å². The van der Waals surface area contributed by atoms with Crippen molar-refractivity contribution in [2.75, 3.05) is 20.2 Å². The van der Waals surface area contributed by atoms with Gasteiger partial charge in [0.05, 0.1) is 23.1 Å². The van der Waals surface area contributed by atoms with Crippen molar-refractivity contribution < 1.29 is 32.3 Å². The maximum atomic E-state index is 13.1. The van der Waals surface area contributed by atoms with Gasteiger partial charge >= 0.3 is 0 Å². The molecule has 1 fully saturated rings. The van der Waals surface area contributed by atoms with Crippen LogP contribution in [0.4, 0.5) is 0 Å². The summed E-state index contributed by atoms with van der Waals surface area (Å²) in [6, 6.07) is 11.6. The zero-order valence-corrected chi connectivity index (χ0v) is 21.3. The summed E-state index contributed by atoms with van der Waals surface area (Å²) in [5, 5.41) is 0. The molecule has 0 aliphatic carbocycles. The van der Waals surface area contributed by atoms with Gasteiger partial charge in [-0.15, -0.1) is 0 Å². The van der Waals surface area contributed by atoms with Gasteiger partial charge in [-0.05, 0) is 55.7 Å². The van der Waals surface area contributed by atoms with Gasteiger partial charge in [0.25, 0.3) is 17.7 Å². The van der Waals surface area contributed by atoms with E-state index in [4.69, 9.17) is 4.74 Å². The van der Waals surface area contributed by atoms with E-state index in [1.54, 1.807) is 36.4 Å². The molecule has 1 atom stereocenters. The van der Waals surface area contributed by atoms with Crippen molar-refractivity contribution in [3.8, 4) is 5.75 Å². The second-order valence-electron chi connectivity index (χ2n) is 8.95. The molecular weight excluding hydrogens is 498 g/mol. The van der Waals surface area contributed by atoms with Gasteiger partial charge < -0.3 is 4.74 Å². The number of nitrogens with one attached hydrogen (secondary N) is 1. The SMILES string of the molecule is COc1ccc(S(=O)(=O)NCCCCCCN2C(=O)CCC(N3C(=O)c4ccccc4C3=O)C2=O)cc1. The third-order valence-corrected chi connectivity index (χ3v) is 8.07. The molecule has 2 aliphatic rings. The highest BCUT2D eigenvalue weighted by molar-refractivity contribution is 7.89. The average Bonchev–Trinajstić information content (AvgIpc) is 3.15. The van der Waals surface area contributed by atoms with E-state index >= 15 is 0 Å². The van der Waals surface area contributed by atoms with Crippen molar-refractivity contribution in [3.63, 3.8) is 0 Å². The second kappa shape index (κ2) is 11.2. The van der Waals surface area contributed by atoms with Gasteiger partial charge in [0.2, 0.25) is 15.9 Å². The Labute approximate surface area is 215 Å². The fourth-order valence-electron chi connectivity index (χ4n) is 4.58. The second-order valence-corrected chi connectivity index (χ2v) is 10.7. The predicted octanol–water partition coefficient (Wildman–Crippen LogP) is 2.35. The van der Waals surface area contributed by atoms with Crippen LogP contribution in [0.2, 0.25) is 0 Å². The highest BCUT2D eigenvalue weighted by Crippen LogP contribution is 2.29. The van der Waals surface area contributed by atoms with Crippen LogP contribution in [0, 0.1) is 0 Å². The van der Waals surface area contributed by atoms with E-state index in [9.17, 15) is 27.6 Å². The Morgan fingerprint density at radius 1 is 0.892 bits per heavy atom. The number of imide groups is 2. The number of carbonyl (C=O) groups is 4. The topological polar surface area (TPSA) is 130 Å². The molecule has 0 spiro atoms. The molecule has 10 nitrogen and oxygen atoms in total. The fourth-order valence-corrected chi connectivity index (χ4v) is 5.65. The smallest absolute Gasteiger partial charge is 0.262 e. The Hall–Kier alpha value is -3.57. The van der Waals surface area contributed by atoms with Crippen molar-refractivity contribution in [3.05, 3.63) is 59.7 Å². The number of ether oxygens (including phenoxy) is 1. The summed E-state index contributed by atoms with van der Waals surface area (Å²) < 4.78 is 32.3. The Balaban J connectivity index is 1.23. The molecule has 1 unspecified atom stereocenters. The van der Waals surface area contributed by atoms with Crippen LogP contribution in [-0.4, -0.2) is 68.1 Å². The molecule has 4 amide bonds. The molecule has 0 radical (unpaired) electrons. The molecule has 1 saturated heterocycles. The minimum Gasteiger partial charge on any atom is -0.497 e. The number of piperidine rings is 1. The van der Waals surface area contributed by atoms with Crippen LogP contribution in [0.15, 0.2) is 53.4 Å². The van der Waals surface area contributed by atoms with Gasteiger partial charge in [0.1, 0.15) is 11.8 Å². The molecule has 1 N–H and O–H groups in total. The lowest BCUT2D eigenvalue weighted by atomic mass is 10.0. The highest BCUT2D eigenvalue weighted by atomic mass is 32.2. The third-order valence-electron chi connectivity index (χ3n) is 6.59. The lowest BCUT2D eigenvalue weighted by molar-refractivity contribution is -0.151. The fraction of sp³-hybridized carbons (Fsp3) is 0.385. The van der Waals surface area contributed by atoms with Crippen LogP contribution in [0.1, 0.15) is 59.2 Å². The molecule has 2 heterocycles. The van der Waals surface area contributed by atoms with E-state index in [1.807, 2.05) is 0 Å². The number of rotatable bonds is 11. The van der Waals surface area contributed by atoms with Crippen molar-refractivity contribution >= 4 is 33.7 Å². The average molecular weight is 528 g/mol. The molecule has 2 aromatic carbocycles. The number of benzene rings is 2. The standard InChI is InChI=1S/C26H29N3O7S/c1-36-18-10-12-19(13-11-18)37(34,35)27-16-6-2-3-7-17-28-23(30)15-14-22(26(28)33)29-24(31)20-8-4-5-9-21(20)25(29)32/h4-5,8-13,22,27H,2-3,6-7,14-17H2,1H3. The highest BCUT2D eigenvalue weighted by Gasteiger charge is 2.46. The number of likely N-dealkylation sites (tertiary alicyclic amines) is 1. The van der Waals surface area contributed by atoms with E-state index in [2.05, 4.69) is 4.72 Å². The maximum absolute atomic E-state index is 13.1. The molecule has 4 rings (SSSR count). The zero-order chi connectivity index (χ0) is 26.6. The Kier molecular flexibility index (Phi) is 8.03. The van der Waals surface area contributed by atoms with Gasteiger partial charge in [-0.25, -0.2) is 13.1 Å². The van der Waals surface area contributed by atoms with Crippen LogP contribution in [0.25, 0.3) is 0 Å². The van der Waals surface area contributed by atoms with Gasteiger partial charge in [0, 0.05) is 19.5 Å². The summed E-state index contributed by atoms with van der Waals surface area (Å²) in [7, 11) is -2.11. The molecule has 37 heavy (non-hydrogen) atoms. The summed E-state index contributed by atoms with van der Waals surface area (Å²) in [5.41, 5.74) is 0.540. The number of amides is 4. The first-order valence-corrected chi connectivity index (χ1v) is 13.7. The normalized spacial score (nSPS) is 17.9. The Morgan fingerprint density at radius 3 is 2.14 bits per heavy atom. The summed E-state index contributed by atoms with van der Waals surface area (Å²) in [6.07, 6.45) is 2.71. The van der Waals surface area contributed by atoms with E-state index in [-0.39, 0.29) is 47.9 Å². The van der Waals surface area contributed by atoms with Crippen LogP contribution < -0.4 is 9.46 Å². The molecule has 2 aromatic rings. The van der Waals surface area contributed by atoms with Crippen molar-refractivity contribution in [2.24, 2.45) is 0 Å². The molecule has 0 bridgehead atoms. The molecule has 0 saturated carbocycles. The summed E-state index contributed by atoms with van der Waals surface area (Å²) in [5.74, 6) is -1.29. The van der Waals surface area contributed by atoms with Gasteiger partial charge in [0.15, 0.2) is 0 Å². The predicted molar refractivity (Wildman–Crippen MR) is 133 cm³/mol. The number of hydrogen-bond donors (Lipinski definition) is 1. The summed E-state index contributed by atoms with van der Waals surface area (Å²) >= 11 is 0. The third kappa shape index (κ3) is 5.57. The first-order chi connectivity index (χ1) is 17.7. The van der Waals surface area contributed by atoms with Crippen LogP contribution in [0.5, 0.6) is 5.75 Å². The minimum atomic E-state index is -3.62. The number of unbranched alkanes of at least 4 members (excludes halogenated alkanes) is 3. The largest absolute Gasteiger partial charge is 0.497 e. The number of methoxy groups -OCH3 is 1. The zero-order valence-electron chi connectivity index (χ0n) is 20.5. The van der Waals surface area contributed by atoms with Crippen molar-refractivity contribution in [1.82, 2.24) is 14.5 Å².